The number of nitrogens with zero attached hydrogens (tertiary/aromatic N) is 3. The minimum atomic E-state index is -0.728. The van der Waals surface area contributed by atoms with Crippen molar-refractivity contribution in [3.63, 3.8) is 0 Å². The molecule has 0 fully saturated rings. The largest absolute Gasteiger partial charge is 0.465 e. The Morgan fingerprint density at radius 3 is 2.36 bits per heavy atom. The molecule has 10 heteroatoms. The van der Waals surface area contributed by atoms with Crippen LogP contribution in [0.1, 0.15) is 35.5 Å². The SMILES string of the molecule is CCOC(=O)Cn1c(C(=O)OCC)c(N)c2cc(C)c(-c3ccc([N+](=O)[O-])cc3)c(C#N)c21. The number of non-ortho nitro benzene ring substituents is 1. The van der Waals surface area contributed by atoms with E-state index in [9.17, 15) is 25.0 Å². The maximum Gasteiger partial charge on any atom is 0.357 e. The minimum Gasteiger partial charge on any atom is -0.465 e. The number of nitrogen functional groups attached to an aromatic ring is 1. The molecule has 0 radical (unpaired) electrons. The number of benzene rings is 2. The van der Waals surface area contributed by atoms with Gasteiger partial charge < -0.3 is 19.8 Å². The number of esters is 2. The number of nitrogens with two attached hydrogens (primary N) is 1. The topological polar surface area (TPSA) is 150 Å². The van der Waals surface area contributed by atoms with Crippen molar-refractivity contribution in [1.82, 2.24) is 4.57 Å². The Morgan fingerprint density at radius 2 is 1.82 bits per heavy atom. The van der Waals surface area contributed by atoms with E-state index < -0.39 is 16.9 Å². The van der Waals surface area contributed by atoms with Crippen molar-refractivity contribution in [2.24, 2.45) is 0 Å². The van der Waals surface area contributed by atoms with Gasteiger partial charge in [0.25, 0.3) is 5.69 Å². The van der Waals surface area contributed by atoms with E-state index in [0.29, 0.717) is 22.1 Å². The molecule has 0 aliphatic rings. The summed E-state index contributed by atoms with van der Waals surface area (Å²) in [6.45, 7) is 4.95. The first kappa shape index (κ1) is 23.3. The molecule has 0 spiro atoms. The predicted molar refractivity (Wildman–Crippen MR) is 120 cm³/mol. The third kappa shape index (κ3) is 4.21. The minimum absolute atomic E-state index is 0.0448. The lowest BCUT2D eigenvalue weighted by Crippen LogP contribution is -2.20. The van der Waals surface area contributed by atoms with Gasteiger partial charge in [-0.15, -0.1) is 0 Å². The summed E-state index contributed by atoms with van der Waals surface area (Å²) in [6.07, 6.45) is 0. The first-order valence-corrected chi connectivity index (χ1v) is 10.2. The van der Waals surface area contributed by atoms with E-state index in [-0.39, 0.29) is 47.9 Å². The van der Waals surface area contributed by atoms with Crippen molar-refractivity contribution in [2.75, 3.05) is 18.9 Å². The lowest BCUT2D eigenvalue weighted by atomic mass is 9.93. The molecule has 1 aromatic heterocycles. The van der Waals surface area contributed by atoms with Gasteiger partial charge in [-0.2, -0.15) is 5.26 Å². The van der Waals surface area contributed by atoms with Gasteiger partial charge in [-0.25, -0.2) is 4.79 Å². The molecule has 2 aromatic carbocycles. The predicted octanol–water partition coefficient (Wildman–Crippen LogP) is 3.72. The summed E-state index contributed by atoms with van der Waals surface area (Å²) in [5.41, 5.74) is 8.45. The molecule has 0 unspecified atom stereocenters. The van der Waals surface area contributed by atoms with Crippen molar-refractivity contribution in [2.45, 2.75) is 27.3 Å². The molecular weight excluding hydrogens is 428 g/mol. The third-order valence-corrected chi connectivity index (χ3v) is 5.12. The number of hydrogen-bond donors (Lipinski definition) is 1. The zero-order chi connectivity index (χ0) is 24.3. The molecule has 170 valence electrons. The highest BCUT2D eigenvalue weighted by Crippen LogP contribution is 2.39. The van der Waals surface area contributed by atoms with Crippen LogP contribution in [-0.4, -0.2) is 34.6 Å². The van der Waals surface area contributed by atoms with Gasteiger partial charge in [0.1, 0.15) is 12.6 Å². The van der Waals surface area contributed by atoms with Gasteiger partial charge in [-0.1, -0.05) is 0 Å². The van der Waals surface area contributed by atoms with E-state index in [0.717, 1.165) is 0 Å². The molecule has 0 saturated carbocycles. The van der Waals surface area contributed by atoms with Gasteiger partial charge in [-0.3, -0.25) is 14.9 Å². The average molecular weight is 450 g/mol. The van der Waals surface area contributed by atoms with Gasteiger partial charge >= 0.3 is 11.9 Å². The second-order valence-corrected chi connectivity index (χ2v) is 7.13. The fourth-order valence-electron chi connectivity index (χ4n) is 3.82. The molecule has 2 N–H and O–H groups in total. The van der Waals surface area contributed by atoms with Gasteiger partial charge in [0.05, 0.1) is 34.9 Å². The van der Waals surface area contributed by atoms with Gasteiger partial charge in [-0.05, 0) is 50.1 Å². The molecule has 0 saturated heterocycles. The number of ether oxygens (including phenoxy) is 2. The van der Waals surface area contributed by atoms with Crippen molar-refractivity contribution in [3.05, 3.63) is 57.3 Å². The number of hydrogen-bond acceptors (Lipinski definition) is 8. The Balaban J connectivity index is 2.37. The van der Waals surface area contributed by atoms with Crippen molar-refractivity contribution >= 4 is 34.2 Å². The van der Waals surface area contributed by atoms with Crippen LogP contribution in [0, 0.1) is 28.4 Å². The Kier molecular flexibility index (Phi) is 6.63. The van der Waals surface area contributed by atoms with Crippen LogP contribution < -0.4 is 5.73 Å². The second-order valence-electron chi connectivity index (χ2n) is 7.13. The lowest BCUT2D eigenvalue weighted by molar-refractivity contribution is -0.384. The van der Waals surface area contributed by atoms with Crippen LogP contribution in [0.3, 0.4) is 0 Å². The van der Waals surface area contributed by atoms with Crippen LogP contribution in [0.2, 0.25) is 0 Å². The number of aryl methyl sites for hydroxylation is 1. The zero-order valence-electron chi connectivity index (χ0n) is 18.4. The van der Waals surface area contributed by atoms with E-state index in [1.807, 2.05) is 0 Å². The van der Waals surface area contributed by atoms with Crippen molar-refractivity contribution < 1.29 is 24.0 Å². The summed E-state index contributed by atoms with van der Waals surface area (Å²) in [5.74, 6) is -1.34. The maximum absolute atomic E-state index is 12.7. The summed E-state index contributed by atoms with van der Waals surface area (Å²) >= 11 is 0. The molecule has 3 rings (SSSR count). The molecule has 33 heavy (non-hydrogen) atoms. The van der Waals surface area contributed by atoms with Crippen LogP contribution in [0.25, 0.3) is 22.0 Å². The zero-order valence-corrected chi connectivity index (χ0v) is 18.4. The van der Waals surface area contributed by atoms with Crippen molar-refractivity contribution in [1.29, 1.82) is 5.26 Å². The van der Waals surface area contributed by atoms with Gasteiger partial charge in [0, 0.05) is 23.1 Å². The Bertz CT molecular complexity index is 1300. The quantitative estimate of drug-likeness (QED) is 0.325. The summed E-state index contributed by atoms with van der Waals surface area (Å²) in [5, 5.41) is 21.5. The normalized spacial score (nSPS) is 10.6. The van der Waals surface area contributed by atoms with Gasteiger partial charge in [0.2, 0.25) is 0 Å². The van der Waals surface area contributed by atoms with E-state index in [1.54, 1.807) is 39.0 Å². The first-order chi connectivity index (χ1) is 15.7. The number of nitro groups is 1. The number of rotatable bonds is 7. The van der Waals surface area contributed by atoms with E-state index in [2.05, 4.69) is 6.07 Å². The van der Waals surface area contributed by atoms with E-state index in [4.69, 9.17) is 15.2 Å². The van der Waals surface area contributed by atoms with Crippen LogP contribution in [0.15, 0.2) is 30.3 Å². The summed E-state index contributed by atoms with van der Waals surface area (Å²) in [4.78, 5) is 35.6. The molecule has 1 heterocycles. The summed E-state index contributed by atoms with van der Waals surface area (Å²) in [7, 11) is 0. The third-order valence-electron chi connectivity index (χ3n) is 5.12. The van der Waals surface area contributed by atoms with Crippen LogP contribution in [0.5, 0.6) is 0 Å². The second kappa shape index (κ2) is 9.40. The highest BCUT2D eigenvalue weighted by atomic mass is 16.6. The van der Waals surface area contributed by atoms with E-state index in [1.165, 1.54) is 16.7 Å². The van der Waals surface area contributed by atoms with Crippen molar-refractivity contribution in [3.8, 4) is 17.2 Å². The molecule has 0 aliphatic carbocycles. The monoisotopic (exact) mass is 450 g/mol. The average Bonchev–Trinajstić information content (AvgIpc) is 3.04. The fourth-order valence-corrected chi connectivity index (χ4v) is 3.82. The lowest BCUT2D eigenvalue weighted by Gasteiger charge is -2.14. The number of anilines is 1. The standard InChI is InChI=1S/C23H22N4O6/c1-4-32-18(28)12-26-21-16(20(25)22(26)23(29)33-5-2)10-13(3)19(17(21)11-24)14-6-8-15(9-7-14)27(30)31/h6-10H,4-5,12,25H2,1-3H3. The number of nitriles is 1. The maximum atomic E-state index is 12.7. The molecule has 0 aliphatic heterocycles. The molecule has 0 atom stereocenters. The Hall–Kier alpha value is -4.39. The number of nitro benzene ring substituents is 1. The Labute approximate surface area is 189 Å². The molecular formula is C23H22N4O6. The number of carbonyl (C=O) groups is 2. The summed E-state index contributed by atoms with van der Waals surface area (Å²) in [6, 6.07) is 9.65. The molecule has 0 amide bonds. The number of fused-ring (bicyclic) bond motifs is 1. The van der Waals surface area contributed by atoms with Crippen LogP contribution in [0.4, 0.5) is 11.4 Å². The first-order valence-electron chi connectivity index (χ1n) is 10.2. The fraction of sp³-hybridized carbons (Fsp3) is 0.261. The van der Waals surface area contributed by atoms with Crippen LogP contribution in [-0.2, 0) is 20.8 Å². The molecule has 0 bridgehead atoms. The molecule has 10 nitrogen and oxygen atoms in total. The highest BCUT2D eigenvalue weighted by Gasteiger charge is 2.28. The van der Waals surface area contributed by atoms with Crippen LogP contribution >= 0.6 is 0 Å². The van der Waals surface area contributed by atoms with E-state index >= 15 is 0 Å². The highest BCUT2D eigenvalue weighted by molar-refractivity contribution is 6.10. The number of aromatic nitrogens is 1. The smallest absolute Gasteiger partial charge is 0.357 e. The summed E-state index contributed by atoms with van der Waals surface area (Å²) < 4.78 is 11.5. The molecule has 3 aromatic rings. The van der Waals surface area contributed by atoms with Gasteiger partial charge in [0.15, 0.2) is 5.69 Å². The number of carbonyl (C=O) groups excluding carboxylic acids is 2. The Morgan fingerprint density at radius 1 is 1.18 bits per heavy atom.